The number of hydrogen-bond acceptors (Lipinski definition) is 9. The Morgan fingerprint density at radius 1 is 0.879 bits per heavy atom. The molecular weight excluding hydrogens is 747 g/mol. The van der Waals surface area contributed by atoms with Crippen molar-refractivity contribution in [3.8, 4) is 22.6 Å². The highest BCUT2D eigenvalue weighted by atomic mass is 32.2. The van der Waals surface area contributed by atoms with Gasteiger partial charge in [-0.25, -0.2) is 9.10 Å². The molecule has 4 heterocycles. The van der Waals surface area contributed by atoms with Crippen LogP contribution in [0, 0.1) is 0 Å². The molecule has 0 unspecified atom stereocenters. The van der Waals surface area contributed by atoms with Gasteiger partial charge in [0.25, 0.3) is 0 Å². The second kappa shape index (κ2) is 17.5. The van der Waals surface area contributed by atoms with E-state index in [1.807, 2.05) is 42.9 Å². The molecule has 3 aliphatic rings. The Labute approximate surface area is 345 Å². The van der Waals surface area contributed by atoms with E-state index >= 15 is 0 Å². The maximum Gasteiger partial charge on any atom is 0.355 e. The second-order valence-electron chi connectivity index (χ2n) is 15.5. The molecule has 4 aromatic carbocycles. The van der Waals surface area contributed by atoms with Crippen LogP contribution >= 0.6 is 11.9 Å². The number of esters is 1. The highest BCUT2D eigenvalue weighted by Gasteiger charge is 2.30. The number of hydrogen-bond donors (Lipinski definition) is 0. The molecule has 0 N–H and O–H groups in total. The molecule has 0 spiro atoms. The maximum absolute atomic E-state index is 14.0. The third-order valence-electron chi connectivity index (χ3n) is 11.5. The van der Waals surface area contributed by atoms with E-state index in [4.69, 9.17) is 24.0 Å². The van der Waals surface area contributed by atoms with Gasteiger partial charge in [0, 0.05) is 79.2 Å². The molecular formula is C47H53N5O5S. The molecule has 0 bridgehead atoms. The van der Waals surface area contributed by atoms with Crippen LogP contribution in [0.1, 0.15) is 66.5 Å². The number of nitrogens with zero attached hydrogens (tertiary/aromatic N) is 5. The minimum atomic E-state index is -0.293. The molecule has 9 rings (SSSR count). The number of benzene rings is 4. The minimum absolute atomic E-state index is 0.291. The number of carbonyl (C=O) groups excluding carboxylic acids is 1. The molecule has 0 amide bonds. The molecule has 1 saturated carbocycles. The van der Waals surface area contributed by atoms with Crippen molar-refractivity contribution in [1.29, 1.82) is 0 Å². The van der Waals surface area contributed by atoms with Crippen LogP contribution in [0.3, 0.4) is 0 Å². The smallest absolute Gasteiger partial charge is 0.355 e. The van der Waals surface area contributed by atoms with Gasteiger partial charge in [-0.15, -0.1) is 0 Å². The van der Waals surface area contributed by atoms with Crippen LogP contribution in [0.25, 0.3) is 32.8 Å². The van der Waals surface area contributed by atoms with Gasteiger partial charge in [0.05, 0.1) is 31.0 Å². The molecule has 0 atom stereocenters. The molecule has 1 saturated heterocycles. The molecule has 1 aliphatic carbocycles. The van der Waals surface area contributed by atoms with E-state index in [0.717, 1.165) is 112 Å². The molecule has 0 radical (unpaired) electrons. The molecule has 2 aromatic heterocycles. The van der Waals surface area contributed by atoms with Crippen molar-refractivity contribution < 1.29 is 23.7 Å². The van der Waals surface area contributed by atoms with Gasteiger partial charge in [-0.05, 0) is 86.7 Å². The fourth-order valence-electron chi connectivity index (χ4n) is 8.53. The topological polar surface area (TPSA) is 83.2 Å². The van der Waals surface area contributed by atoms with Crippen LogP contribution in [-0.2, 0) is 42.7 Å². The largest absolute Gasteiger partial charge is 0.493 e. The second-order valence-corrected chi connectivity index (χ2v) is 16.9. The summed E-state index contributed by atoms with van der Waals surface area (Å²) in [7, 11) is 1.98. The lowest BCUT2D eigenvalue weighted by Gasteiger charge is -2.35. The normalized spacial score (nSPS) is 16.3. The Balaban J connectivity index is 1.00. The summed E-state index contributed by atoms with van der Waals surface area (Å²) in [4.78, 5) is 16.5. The third kappa shape index (κ3) is 8.17. The number of anilines is 1. The van der Waals surface area contributed by atoms with Gasteiger partial charge in [0.15, 0.2) is 0 Å². The van der Waals surface area contributed by atoms with Crippen molar-refractivity contribution in [2.75, 3.05) is 50.9 Å². The van der Waals surface area contributed by atoms with Crippen molar-refractivity contribution in [3.05, 3.63) is 108 Å². The summed E-state index contributed by atoms with van der Waals surface area (Å²) in [6.07, 6.45) is 5.86. The summed E-state index contributed by atoms with van der Waals surface area (Å²) < 4.78 is 31.6. The average Bonchev–Trinajstić information content (AvgIpc) is 3.94. The van der Waals surface area contributed by atoms with Crippen LogP contribution in [0.4, 0.5) is 5.69 Å². The zero-order valence-corrected chi connectivity index (χ0v) is 34.5. The van der Waals surface area contributed by atoms with E-state index in [2.05, 4.69) is 86.4 Å². The first kappa shape index (κ1) is 38.5. The number of aryl methyl sites for hydroxylation is 3. The van der Waals surface area contributed by atoms with Gasteiger partial charge < -0.3 is 28.4 Å². The van der Waals surface area contributed by atoms with Crippen LogP contribution in [-0.4, -0.2) is 75.9 Å². The fourth-order valence-corrected chi connectivity index (χ4v) is 9.67. The Kier molecular flexibility index (Phi) is 11.6. The van der Waals surface area contributed by atoms with Crippen molar-refractivity contribution >= 4 is 45.3 Å². The van der Waals surface area contributed by atoms with Crippen molar-refractivity contribution in [2.45, 2.75) is 70.5 Å². The fraction of sp³-hybridized carbons (Fsp3) is 0.404. The van der Waals surface area contributed by atoms with E-state index in [9.17, 15) is 4.79 Å². The first-order valence-corrected chi connectivity index (χ1v) is 21.8. The molecule has 11 heteroatoms. The number of para-hydroxylation sites is 1. The number of rotatable bonds is 13. The average molecular weight is 800 g/mol. The Hall–Kier alpha value is -4.97. The Morgan fingerprint density at radius 3 is 2.50 bits per heavy atom. The SMILES string of the molecule is CCOC(=O)c1c(CCCOc2cccc3ccccc23)c2cccc3c2n1CCCCOCc1c-3c(COc2ccc(N3CCN(SC4CC4)CC3)cc2)nn1C. The van der Waals surface area contributed by atoms with Crippen molar-refractivity contribution in [3.63, 3.8) is 0 Å². The van der Waals surface area contributed by atoms with Crippen molar-refractivity contribution in [2.24, 2.45) is 7.05 Å². The van der Waals surface area contributed by atoms with Gasteiger partial charge >= 0.3 is 5.97 Å². The minimum Gasteiger partial charge on any atom is -0.493 e. The summed E-state index contributed by atoms with van der Waals surface area (Å²) >= 11 is 2.06. The van der Waals surface area contributed by atoms with Crippen LogP contribution < -0.4 is 14.4 Å². The number of piperazine rings is 1. The Morgan fingerprint density at radius 2 is 1.67 bits per heavy atom. The van der Waals surface area contributed by atoms with Gasteiger partial charge in [0.2, 0.25) is 0 Å². The molecule has 2 fully saturated rings. The first-order chi connectivity index (χ1) is 28.6. The monoisotopic (exact) mass is 799 g/mol. The molecule has 2 aliphatic heterocycles. The highest BCUT2D eigenvalue weighted by molar-refractivity contribution is 7.97. The van der Waals surface area contributed by atoms with E-state index in [-0.39, 0.29) is 5.97 Å². The number of ether oxygens (including phenoxy) is 4. The lowest BCUT2D eigenvalue weighted by molar-refractivity contribution is 0.0512. The van der Waals surface area contributed by atoms with Gasteiger partial charge in [-0.3, -0.25) is 4.68 Å². The summed E-state index contributed by atoms with van der Waals surface area (Å²) in [5, 5.41) is 9.19. The summed E-state index contributed by atoms with van der Waals surface area (Å²) in [5.41, 5.74) is 7.70. The summed E-state index contributed by atoms with van der Waals surface area (Å²) in [6.45, 7) is 8.94. The first-order valence-electron chi connectivity index (χ1n) is 21.0. The molecule has 58 heavy (non-hydrogen) atoms. The predicted molar refractivity (Wildman–Crippen MR) is 232 cm³/mol. The number of fused-ring (bicyclic) bond motifs is 3. The number of carbonyl (C=O) groups is 1. The zero-order valence-electron chi connectivity index (χ0n) is 33.7. The van der Waals surface area contributed by atoms with E-state index in [1.165, 1.54) is 18.5 Å². The van der Waals surface area contributed by atoms with Crippen LogP contribution in [0.2, 0.25) is 0 Å². The van der Waals surface area contributed by atoms with E-state index in [1.54, 1.807) is 0 Å². The van der Waals surface area contributed by atoms with Gasteiger partial charge in [-0.2, -0.15) is 5.10 Å². The summed E-state index contributed by atoms with van der Waals surface area (Å²) in [5.74, 6) is 1.38. The molecule has 6 aromatic rings. The summed E-state index contributed by atoms with van der Waals surface area (Å²) in [6, 6.07) is 29.3. The molecule has 10 nitrogen and oxygen atoms in total. The highest BCUT2D eigenvalue weighted by Crippen LogP contribution is 2.40. The lowest BCUT2D eigenvalue weighted by atomic mass is 9.98. The maximum atomic E-state index is 14.0. The molecule has 302 valence electrons. The van der Waals surface area contributed by atoms with Gasteiger partial charge in [-0.1, -0.05) is 66.5 Å². The quantitative estimate of drug-likeness (QED) is 0.0646. The van der Waals surface area contributed by atoms with E-state index < -0.39 is 0 Å². The standard InChI is InChI=1S/C47H53N5O5S/c1-3-55-47(53)46-39(16-10-30-56-43-17-8-12-33-11-4-5-13-37(33)43)38-14-9-15-40-44-41(48-49(2)42(44)32-54-29-7-6-24-52(46)45(38)40)31-57-35-20-18-34(19-21-35)50-25-27-51(28-26-50)58-36-22-23-36/h4-5,8-9,11-15,17-21,36H,3,6-7,10,16,22-32H2,1-2H3. The van der Waals surface area contributed by atoms with Crippen LogP contribution in [0.5, 0.6) is 11.5 Å². The van der Waals surface area contributed by atoms with Gasteiger partial charge in [0.1, 0.15) is 29.5 Å². The van der Waals surface area contributed by atoms with Crippen molar-refractivity contribution in [1.82, 2.24) is 18.7 Å². The predicted octanol–water partition coefficient (Wildman–Crippen LogP) is 9.21. The van der Waals surface area contributed by atoms with Crippen LogP contribution in [0.15, 0.2) is 84.9 Å². The third-order valence-corrected chi connectivity index (χ3v) is 13.0. The number of aromatic nitrogens is 3. The van der Waals surface area contributed by atoms with E-state index in [0.29, 0.717) is 51.7 Å². The zero-order chi connectivity index (χ0) is 39.4. The Bertz CT molecular complexity index is 2370. The lowest BCUT2D eigenvalue weighted by Crippen LogP contribution is -2.43.